The SMILES string of the molecule is COCCNc1ccc(C(=O)O)c(C)c1N. The van der Waals surface area contributed by atoms with E-state index >= 15 is 0 Å². The molecule has 88 valence electrons. The number of nitrogen functional groups attached to an aromatic ring is 1. The van der Waals surface area contributed by atoms with Crippen LogP contribution in [0.5, 0.6) is 0 Å². The van der Waals surface area contributed by atoms with Gasteiger partial charge in [-0.3, -0.25) is 0 Å². The van der Waals surface area contributed by atoms with Crippen LogP contribution in [0.2, 0.25) is 0 Å². The molecule has 0 spiro atoms. The zero-order valence-corrected chi connectivity index (χ0v) is 9.41. The highest BCUT2D eigenvalue weighted by molar-refractivity contribution is 5.93. The van der Waals surface area contributed by atoms with E-state index in [0.29, 0.717) is 24.4 Å². The number of nitrogens with one attached hydrogen (secondary N) is 1. The quantitative estimate of drug-likeness (QED) is 0.519. The van der Waals surface area contributed by atoms with E-state index in [9.17, 15) is 4.79 Å². The standard InChI is InChI=1S/C11H16N2O3/c1-7-8(11(14)15)3-4-9(10(7)12)13-5-6-16-2/h3-4,13H,5-6,12H2,1-2H3,(H,14,15). The Bertz CT molecular complexity index is 391. The second kappa shape index (κ2) is 5.37. The van der Waals surface area contributed by atoms with E-state index < -0.39 is 5.97 Å². The molecule has 0 unspecified atom stereocenters. The minimum atomic E-state index is -0.965. The van der Waals surface area contributed by atoms with Crippen LogP contribution in [0.4, 0.5) is 11.4 Å². The Hall–Kier alpha value is -1.75. The van der Waals surface area contributed by atoms with Crippen LogP contribution < -0.4 is 11.1 Å². The molecule has 0 aliphatic rings. The summed E-state index contributed by atoms with van der Waals surface area (Å²) >= 11 is 0. The van der Waals surface area contributed by atoms with Gasteiger partial charge in [-0.25, -0.2) is 4.79 Å². The molecular formula is C11H16N2O3. The van der Waals surface area contributed by atoms with Crippen LogP contribution in [0.15, 0.2) is 12.1 Å². The van der Waals surface area contributed by atoms with Crippen molar-refractivity contribution in [1.82, 2.24) is 0 Å². The highest BCUT2D eigenvalue weighted by Gasteiger charge is 2.11. The molecule has 0 amide bonds. The van der Waals surface area contributed by atoms with Crippen molar-refractivity contribution in [3.63, 3.8) is 0 Å². The van der Waals surface area contributed by atoms with E-state index in [1.807, 2.05) is 0 Å². The lowest BCUT2D eigenvalue weighted by molar-refractivity contribution is 0.0696. The van der Waals surface area contributed by atoms with Gasteiger partial charge in [0.1, 0.15) is 0 Å². The van der Waals surface area contributed by atoms with Gasteiger partial charge in [0.05, 0.1) is 23.5 Å². The topological polar surface area (TPSA) is 84.6 Å². The molecule has 5 heteroatoms. The lowest BCUT2D eigenvalue weighted by atomic mass is 10.1. The molecule has 0 heterocycles. The first kappa shape index (κ1) is 12.3. The summed E-state index contributed by atoms with van der Waals surface area (Å²) in [7, 11) is 1.61. The largest absolute Gasteiger partial charge is 0.478 e. The van der Waals surface area contributed by atoms with Gasteiger partial charge < -0.3 is 20.9 Å². The predicted molar refractivity (Wildman–Crippen MR) is 62.9 cm³/mol. The Balaban J connectivity index is 2.89. The number of carbonyl (C=O) groups is 1. The van der Waals surface area contributed by atoms with Crippen LogP contribution in [0, 0.1) is 6.92 Å². The van der Waals surface area contributed by atoms with Gasteiger partial charge in [0.2, 0.25) is 0 Å². The van der Waals surface area contributed by atoms with E-state index in [-0.39, 0.29) is 5.56 Å². The summed E-state index contributed by atoms with van der Waals surface area (Å²) in [5, 5.41) is 12.0. The van der Waals surface area contributed by atoms with Crippen molar-refractivity contribution < 1.29 is 14.6 Å². The number of nitrogens with two attached hydrogens (primary N) is 1. The second-order valence-electron chi connectivity index (χ2n) is 3.42. The maximum absolute atomic E-state index is 10.8. The Labute approximate surface area is 94.2 Å². The summed E-state index contributed by atoms with van der Waals surface area (Å²) < 4.78 is 4.90. The van der Waals surface area contributed by atoms with Gasteiger partial charge in [-0.05, 0) is 24.6 Å². The molecule has 5 nitrogen and oxygen atoms in total. The smallest absolute Gasteiger partial charge is 0.336 e. The van der Waals surface area contributed by atoms with Gasteiger partial charge in [0.15, 0.2) is 0 Å². The van der Waals surface area contributed by atoms with Crippen LogP contribution in [0.1, 0.15) is 15.9 Å². The Morgan fingerprint density at radius 3 is 2.81 bits per heavy atom. The number of aromatic carboxylic acids is 1. The number of hydrogen-bond donors (Lipinski definition) is 3. The monoisotopic (exact) mass is 224 g/mol. The minimum Gasteiger partial charge on any atom is -0.478 e. The summed E-state index contributed by atoms with van der Waals surface area (Å²) in [6, 6.07) is 3.21. The first-order chi connectivity index (χ1) is 7.57. The predicted octanol–water partition coefficient (Wildman–Crippen LogP) is 1.33. The van der Waals surface area contributed by atoms with E-state index in [1.54, 1.807) is 26.2 Å². The average Bonchev–Trinajstić information content (AvgIpc) is 2.24. The van der Waals surface area contributed by atoms with E-state index in [4.69, 9.17) is 15.6 Å². The molecule has 0 saturated carbocycles. The first-order valence-electron chi connectivity index (χ1n) is 4.93. The van der Waals surface area contributed by atoms with Crippen molar-refractivity contribution in [3.8, 4) is 0 Å². The fourth-order valence-corrected chi connectivity index (χ4v) is 1.40. The number of methoxy groups -OCH3 is 1. The van der Waals surface area contributed by atoms with Gasteiger partial charge in [0, 0.05) is 13.7 Å². The lowest BCUT2D eigenvalue weighted by Gasteiger charge is -2.12. The molecule has 0 aliphatic heterocycles. The van der Waals surface area contributed by atoms with Crippen LogP contribution in [-0.4, -0.2) is 31.3 Å². The third-order valence-electron chi connectivity index (χ3n) is 2.37. The van der Waals surface area contributed by atoms with Gasteiger partial charge in [0.25, 0.3) is 0 Å². The Kier molecular flexibility index (Phi) is 4.13. The molecule has 4 N–H and O–H groups in total. The molecule has 1 aromatic carbocycles. The maximum Gasteiger partial charge on any atom is 0.336 e. The van der Waals surface area contributed by atoms with Gasteiger partial charge in [-0.15, -0.1) is 0 Å². The van der Waals surface area contributed by atoms with Crippen LogP contribution in [0.3, 0.4) is 0 Å². The fraction of sp³-hybridized carbons (Fsp3) is 0.364. The summed E-state index contributed by atoms with van der Waals surface area (Å²) in [4.78, 5) is 10.8. The summed E-state index contributed by atoms with van der Waals surface area (Å²) in [6.07, 6.45) is 0. The van der Waals surface area contributed by atoms with Gasteiger partial charge in [-0.2, -0.15) is 0 Å². The zero-order chi connectivity index (χ0) is 12.1. The lowest BCUT2D eigenvalue weighted by Crippen LogP contribution is -2.11. The summed E-state index contributed by atoms with van der Waals surface area (Å²) in [6.45, 7) is 2.89. The Morgan fingerprint density at radius 2 is 2.25 bits per heavy atom. The second-order valence-corrected chi connectivity index (χ2v) is 3.42. The van der Waals surface area contributed by atoms with Crippen molar-refractivity contribution in [2.24, 2.45) is 0 Å². The average molecular weight is 224 g/mol. The molecule has 0 bridgehead atoms. The molecular weight excluding hydrogens is 208 g/mol. The number of benzene rings is 1. The zero-order valence-electron chi connectivity index (χ0n) is 9.41. The number of carboxylic acids is 1. The molecule has 0 aliphatic carbocycles. The third-order valence-corrected chi connectivity index (χ3v) is 2.37. The summed E-state index contributed by atoms with van der Waals surface area (Å²) in [5.74, 6) is -0.965. The number of rotatable bonds is 5. The molecule has 1 aromatic rings. The van der Waals surface area contributed by atoms with E-state index in [2.05, 4.69) is 5.32 Å². The van der Waals surface area contributed by atoms with Crippen molar-refractivity contribution >= 4 is 17.3 Å². The third kappa shape index (κ3) is 2.64. The highest BCUT2D eigenvalue weighted by Crippen LogP contribution is 2.25. The molecule has 0 aromatic heterocycles. The molecule has 16 heavy (non-hydrogen) atoms. The van der Waals surface area contributed by atoms with Crippen molar-refractivity contribution in [1.29, 1.82) is 0 Å². The first-order valence-corrected chi connectivity index (χ1v) is 4.93. The van der Waals surface area contributed by atoms with Crippen LogP contribution in [-0.2, 0) is 4.74 Å². The maximum atomic E-state index is 10.8. The highest BCUT2D eigenvalue weighted by atomic mass is 16.5. The number of hydrogen-bond acceptors (Lipinski definition) is 4. The number of anilines is 2. The fourth-order valence-electron chi connectivity index (χ4n) is 1.40. The van der Waals surface area contributed by atoms with Gasteiger partial charge >= 0.3 is 5.97 Å². The normalized spacial score (nSPS) is 10.1. The Morgan fingerprint density at radius 1 is 1.56 bits per heavy atom. The molecule has 1 rings (SSSR count). The number of ether oxygens (including phenoxy) is 1. The van der Waals surface area contributed by atoms with Crippen molar-refractivity contribution in [2.45, 2.75) is 6.92 Å². The molecule has 0 atom stereocenters. The molecule has 0 saturated heterocycles. The molecule has 0 radical (unpaired) electrons. The number of carboxylic acid groups (broad SMARTS) is 1. The van der Waals surface area contributed by atoms with Crippen LogP contribution in [0.25, 0.3) is 0 Å². The van der Waals surface area contributed by atoms with E-state index in [1.165, 1.54) is 0 Å². The van der Waals surface area contributed by atoms with Crippen molar-refractivity contribution in [3.05, 3.63) is 23.3 Å². The van der Waals surface area contributed by atoms with E-state index in [0.717, 1.165) is 5.69 Å². The summed E-state index contributed by atoms with van der Waals surface area (Å²) in [5.41, 5.74) is 7.85. The van der Waals surface area contributed by atoms with Gasteiger partial charge in [-0.1, -0.05) is 0 Å². The van der Waals surface area contributed by atoms with Crippen molar-refractivity contribution in [2.75, 3.05) is 31.3 Å². The minimum absolute atomic E-state index is 0.231. The van der Waals surface area contributed by atoms with Crippen LogP contribution >= 0.6 is 0 Å². The molecule has 0 fully saturated rings.